The van der Waals surface area contributed by atoms with Gasteiger partial charge >= 0.3 is 11.9 Å². The number of aryl methyl sites for hydroxylation is 1. The Morgan fingerprint density at radius 3 is 2.71 bits per heavy atom. The molecule has 2 aromatic heterocycles. The number of halogens is 4. The lowest BCUT2D eigenvalue weighted by molar-refractivity contribution is -0.212. The molecule has 0 amide bonds. The zero-order chi connectivity index (χ0) is 18.1. The van der Waals surface area contributed by atoms with Crippen molar-refractivity contribution in [3.05, 3.63) is 51.3 Å². The van der Waals surface area contributed by atoms with Crippen molar-refractivity contribution in [2.24, 2.45) is 0 Å². The highest BCUT2D eigenvalue weighted by molar-refractivity contribution is 6.17. The topological polar surface area (TPSA) is 85.3 Å². The van der Waals surface area contributed by atoms with E-state index in [1.807, 2.05) is 0 Å². The number of hydrogen-bond donors (Lipinski definition) is 1. The first-order valence-electron chi connectivity index (χ1n) is 6.41. The third-order valence-electron chi connectivity index (χ3n) is 2.92. The fourth-order valence-corrected chi connectivity index (χ4v) is 2.08. The quantitative estimate of drug-likeness (QED) is 0.513. The summed E-state index contributed by atoms with van der Waals surface area (Å²) in [5, 5.41) is 12.9. The smallest absolute Gasteiger partial charge is 0.504 e. The maximum Gasteiger partial charge on any atom is 0.504 e. The monoisotopic (exact) mass is 362 g/mol. The molecule has 0 aliphatic rings. The Hall–Kier alpha value is -2.55. The van der Waals surface area contributed by atoms with Crippen LogP contribution in [0.4, 0.5) is 13.2 Å². The van der Waals surface area contributed by atoms with Gasteiger partial charge in [0.15, 0.2) is 5.78 Å². The fourth-order valence-electron chi connectivity index (χ4n) is 1.87. The molecule has 0 unspecified atom stereocenters. The van der Waals surface area contributed by atoms with Gasteiger partial charge in [0.2, 0.25) is 0 Å². The van der Waals surface area contributed by atoms with Crippen molar-refractivity contribution in [1.29, 1.82) is 0 Å². The largest absolute Gasteiger partial charge is 0.507 e. The summed E-state index contributed by atoms with van der Waals surface area (Å²) in [6.45, 7) is 1.41. The van der Waals surface area contributed by atoms with Crippen LogP contribution in [-0.2, 0) is 12.2 Å². The molecule has 10 heteroatoms. The third-order valence-corrected chi connectivity index (χ3v) is 3.18. The average molecular weight is 363 g/mol. The number of carbonyl (C=O) groups is 1. The van der Waals surface area contributed by atoms with Crippen LogP contribution in [0, 0.1) is 6.92 Å². The van der Waals surface area contributed by atoms with Crippen molar-refractivity contribution in [1.82, 2.24) is 9.78 Å². The molecule has 0 saturated heterocycles. The van der Waals surface area contributed by atoms with Crippen molar-refractivity contribution in [3.63, 3.8) is 0 Å². The lowest BCUT2D eigenvalue weighted by Gasteiger charge is -2.03. The molecule has 2 aromatic rings. The number of hydrogen-bond acceptors (Lipinski definition) is 5. The van der Waals surface area contributed by atoms with Crippen LogP contribution in [0.15, 0.2) is 27.6 Å². The number of rotatable bonds is 4. The summed E-state index contributed by atoms with van der Waals surface area (Å²) in [5.41, 5.74) is -1.82. The standard InChI is InChI=1S/C14H10ClF3N2O4/c1-7-4-11(22)12(13(23)24-7)10(21)3-2-8-6-20(14(16,17)18)19-9(8)5-15/h2-4,6,22H,5H2,1H3. The molecule has 0 aliphatic carbocycles. The highest BCUT2D eigenvalue weighted by atomic mass is 35.5. The maximum absolute atomic E-state index is 12.6. The highest BCUT2D eigenvalue weighted by Crippen LogP contribution is 2.24. The van der Waals surface area contributed by atoms with Crippen LogP contribution >= 0.6 is 11.6 Å². The zero-order valence-corrected chi connectivity index (χ0v) is 12.9. The Morgan fingerprint density at radius 2 is 2.17 bits per heavy atom. The van der Waals surface area contributed by atoms with E-state index in [1.165, 1.54) is 6.92 Å². The molecule has 1 N–H and O–H groups in total. The van der Waals surface area contributed by atoms with E-state index in [4.69, 9.17) is 16.0 Å². The predicted octanol–water partition coefficient (Wildman–Crippen LogP) is 2.96. The van der Waals surface area contributed by atoms with Crippen molar-refractivity contribution in [3.8, 4) is 5.75 Å². The van der Waals surface area contributed by atoms with Crippen LogP contribution in [0.3, 0.4) is 0 Å². The van der Waals surface area contributed by atoms with Crippen LogP contribution in [-0.4, -0.2) is 20.7 Å². The van der Waals surface area contributed by atoms with E-state index in [0.29, 0.717) is 6.20 Å². The number of aromatic nitrogens is 2. The Kier molecular flexibility index (Phi) is 4.83. The second kappa shape index (κ2) is 6.52. The van der Waals surface area contributed by atoms with E-state index in [2.05, 4.69) is 5.10 Å². The molecule has 24 heavy (non-hydrogen) atoms. The van der Waals surface area contributed by atoms with Gasteiger partial charge in [0, 0.05) is 17.8 Å². The van der Waals surface area contributed by atoms with Crippen molar-refractivity contribution >= 4 is 23.5 Å². The molecular formula is C14H10ClF3N2O4. The summed E-state index contributed by atoms with van der Waals surface area (Å²) in [6, 6.07) is 1.08. The van der Waals surface area contributed by atoms with Gasteiger partial charge in [-0.3, -0.25) is 4.79 Å². The number of carbonyl (C=O) groups excluding carboxylic acids is 1. The number of allylic oxidation sites excluding steroid dienone is 1. The summed E-state index contributed by atoms with van der Waals surface area (Å²) in [6.07, 6.45) is -2.23. The van der Waals surface area contributed by atoms with Gasteiger partial charge in [-0.25, -0.2) is 4.79 Å². The highest BCUT2D eigenvalue weighted by Gasteiger charge is 2.32. The first kappa shape index (κ1) is 17.8. The molecule has 0 aliphatic heterocycles. The molecule has 2 heterocycles. The fraction of sp³-hybridized carbons (Fsp3) is 0.214. The number of alkyl halides is 4. The number of aromatic hydroxyl groups is 1. The summed E-state index contributed by atoms with van der Waals surface area (Å²) in [5.74, 6) is -1.72. The van der Waals surface area contributed by atoms with E-state index < -0.39 is 29.0 Å². The zero-order valence-electron chi connectivity index (χ0n) is 12.1. The van der Waals surface area contributed by atoms with Crippen molar-refractivity contribution < 1.29 is 27.5 Å². The molecule has 0 saturated carbocycles. The van der Waals surface area contributed by atoms with E-state index >= 15 is 0 Å². The lowest BCUT2D eigenvalue weighted by atomic mass is 10.1. The van der Waals surface area contributed by atoms with E-state index in [1.54, 1.807) is 0 Å². The minimum absolute atomic E-state index is 0.0494. The van der Waals surface area contributed by atoms with E-state index in [0.717, 1.165) is 18.2 Å². The van der Waals surface area contributed by atoms with Crippen LogP contribution < -0.4 is 5.63 Å². The van der Waals surface area contributed by atoms with Gasteiger partial charge in [-0.05, 0) is 19.1 Å². The molecule has 6 nitrogen and oxygen atoms in total. The molecule has 0 atom stereocenters. The van der Waals surface area contributed by atoms with Gasteiger partial charge in [-0.2, -0.15) is 9.78 Å². The predicted molar refractivity (Wildman–Crippen MR) is 77.8 cm³/mol. The summed E-state index contributed by atoms with van der Waals surface area (Å²) in [7, 11) is 0. The van der Waals surface area contributed by atoms with E-state index in [-0.39, 0.29) is 27.6 Å². The molecule has 0 aromatic carbocycles. The van der Waals surface area contributed by atoms with Gasteiger partial charge in [-0.1, -0.05) is 0 Å². The Morgan fingerprint density at radius 1 is 1.50 bits per heavy atom. The van der Waals surface area contributed by atoms with Crippen LogP contribution in [0.25, 0.3) is 6.08 Å². The Balaban J connectivity index is 2.37. The first-order chi connectivity index (χ1) is 11.1. The first-order valence-corrected chi connectivity index (χ1v) is 6.94. The second-order valence-corrected chi connectivity index (χ2v) is 4.95. The van der Waals surface area contributed by atoms with Gasteiger partial charge < -0.3 is 9.52 Å². The molecule has 0 radical (unpaired) electrons. The summed E-state index contributed by atoms with van der Waals surface area (Å²) < 4.78 is 42.3. The maximum atomic E-state index is 12.6. The van der Waals surface area contributed by atoms with Crippen LogP contribution in [0.5, 0.6) is 5.75 Å². The minimum atomic E-state index is -4.73. The number of nitrogens with zero attached hydrogens (tertiary/aromatic N) is 2. The minimum Gasteiger partial charge on any atom is -0.507 e. The van der Waals surface area contributed by atoms with Crippen LogP contribution in [0.2, 0.25) is 0 Å². The SMILES string of the molecule is Cc1cc(O)c(C(=O)C=Cc2cn(C(F)(F)F)nc2CCl)c(=O)o1. The molecular weight excluding hydrogens is 353 g/mol. The third kappa shape index (κ3) is 3.67. The molecule has 0 spiro atoms. The van der Waals surface area contributed by atoms with Crippen molar-refractivity contribution in [2.75, 3.05) is 0 Å². The number of ketones is 1. The Bertz CT molecular complexity index is 868. The van der Waals surface area contributed by atoms with Gasteiger partial charge in [0.1, 0.15) is 17.1 Å². The average Bonchev–Trinajstić information content (AvgIpc) is 2.87. The van der Waals surface area contributed by atoms with Gasteiger partial charge in [-0.15, -0.1) is 24.8 Å². The molecule has 128 valence electrons. The molecule has 0 bridgehead atoms. The Labute approximate surface area is 137 Å². The van der Waals surface area contributed by atoms with Crippen molar-refractivity contribution in [2.45, 2.75) is 19.1 Å². The second-order valence-electron chi connectivity index (χ2n) is 4.68. The lowest BCUT2D eigenvalue weighted by Crippen LogP contribution is -2.17. The van der Waals surface area contributed by atoms with Gasteiger partial charge in [0.25, 0.3) is 0 Å². The molecule has 0 fully saturated rings. The van der Waals surface area contributed by atoms with E-state index in [9.17, 15) is 27.9 Å². The molecule has 2 rings (SSSR count). The normalized spacial score (nSPS) is 12.0. The summed E-state index contributed by atoms with van der Waals surface area (Å²) >= 11 is 5.53. The van der Waals surface area contributed by atoms with Crippen LogP contribution in [0.1, 0.15) is 27.4 Å². The summed E-state index contributed by atoms with van der Waals surface area (Å²) in [4.78, 5) is 23.6. The van der Waals surface area contributed by atoms with Gasteiger partial charge in [0.05, 0.1) is 11.6 Å².